The molecule has 0 radical (unpaired) electrons. The Morgan fingerprint density at radius 3 is 2.38 bits per heavy atom. The molecule has 1 aliphatic rings. The van der Waals surface area contributed by atoms with Crippen molar-refractivity contribution < 1.29 is 19.2 Å². The van der Waals surface area contributed by atoms with Crippen LogP contribution in [0.2, 0.25) is 0 Å². The molecular formula is C21H27NO4. The van der Waals surface area contributed by atoms with E-state index in [0.717, 1.165) is 11.3 Å². The summed E-state index contributed by atoms with van der Waals surface area (Å²) in [5.41, 5.74) is 2.10. The Hall–Kier alpha value is -2.30. The molecule has 0 aliphatic carbocycles. The minimum Gasteiger partial charge on any atom is -0.375 e. The monoisotopic (exact) mass is 357 g/mol. The molecule has 1 aromatic rings. The highest BCUT2D eigenvalue weighted by atomic mass is 16.2. The van der Waals surface area contributed by atoms with Crippen LogP contribution < -0.4 is 5.32 Å². The second kappa shape index (κ2) is 7.52. The Balaban J connectivity index is 2.31. The van der Waals surface area contributed by atoms with Crippen LogP contribution in [0.1, 0.15) is 69.8 Å². The van der Waals surface area contributed by atoms with Crippen molar-refractivity contribution in [1.82, 2.24) is 0 Å². The predicted octanol–water partition coefficient (Wildman–Crippen LogP) is 3.49. The molecule has 2 unspecified atom stereocenters. The number of carbonyl (C=O) groups excluding carboxylic acids is 4. The van der Waals surface area contributed by atoms with Gasteiger partial charge >= 0.3 is 0 Å². The van der Waals surface area contributed by atoms with Gasteiger partial charge in [0, 0.05) is 24.1 Å². The number of anilines is 1. The van der Waals surface area contributed by atoms with E-state index in [2.05, 4.69) is 19.2 Å². The van der Waals surface area contributed by atoms with E-state index in [1.54, 1.807) is 26.0 Å². The van der Waals surface area contributed by atoms with Gasteiger partial charge < -0.3 is 5.32 Å². The summed E-state index contributed by atoms with van der Waals surface area (Å²) in [6.07, 6.45) is 0.818. The third-order valence-corrected chi connectivity index (χ3v) is 5.22. The second-order valence-electron chi connectivity index (χ2n) is 7.77. The third-order valence-electron chi connectivity index (χ3n) is 5.22. The number of ketones is 4. The summed E-state index contributed by atoms with van der Waals surface area (Å²) in [6, 6.07) is 5.10. The molecule has 0 amide bonds. The Morgan fingerprint density at radius 2 is 1.85 bits per heavy atom. The maximum absolute atomic E-state index is 12.6. The van der Waals surface area contributed by atoms with E-state index in [4.69, 9.17) is 0 Å². The summed E-state index contributed by atoms with van der Waals surface area (Å²) in [4.78, 5) is 48.1. The zero-order chi connectivity index (χ0) is 19.6. The second-order valence-corrected chi connectivity index (χ2v) is 7.77. The number of hydrogen-bond donors (Lipinski definition) is 1. The lowest BCUT2D eigenvalue weighted by Crippen LogP contribution is -2.40. The fourth-order valence-corrected chi connectivity index (χ4v) is 3.57. The van der Waals surface area contributed by atoms with Gasteiger partial charge in [0.2, 0.25) is 0 Å². The van der Waals surface area contributed by atoms with Crippen molar-refractivity contribution in [3.05, 3.63) is 29.3 Å². The van der Waals surface area contributed by atoms with Crippen molar-refractivity contribution >= 4 is 28.8 Å². The van der Waals surface area contributed by atoms with Gasteiger partial charge in [-0.1, -0.05) is 32.9 Å². The predicted molar refractivity (Wildman–Crippen MR) is 101 cm³/mol. The lowest BCUT2D eigenvalue weighted by Gasteiger charge is -2.37. The Labute approximate surface area is 154 Å². The van der Waals surface area contributed by atoms with Gasteiger partial charge in [-0.25, -0.2) is 0 Å². The lowest BCUT2D eigenvalue weighted by molar-refractivity contribution is -0.131. The maximum atomic E-state index is 12.6. The number of benzene rings is 1. The molecule has 1 heterocycles. The van der Waals surface area contributed by atoms with Crippen LogP contribution in [-0.4, -0.2) is 29.2 Å². The fourth-order valence-electron chi connectivity index (χ4n) is 3.57. The van der Waals surface area contributed by atoms with Gasteiger partial charge in [0.25, 0.3) is 0 Å². The molecule has 1 aromatic carbocycles. The standard InChI is InChI=1S/C21H27NO4/c1-6-19(25)15(12(2)23)10-20(26)14-7-8-16-17(9-14)22-18(13(3)24)11-21(16,4)5/h7-9,15,18,22H,6,10-11H2,1-5H3. The number of rotatable bonds is 7. The van der Waals surface area contributed by atoms with Crippen LogP contribution >= 0.6 is 0 Å². The summed E-state index contributed by atoms with van der Waals surface area (Å²) >= 11 is 0. The Kier molecular flexibility index (Phi) is 5.79. The van der Waals surface area contributed by atoms with Crippen molar-refractivity contribution in [3.8, 4) is 0 Å². The van der Waals surface area contributed by atoms with Gasteiger partial charge in [-0.3, -0.25) is 19.2 Å². The van der Waals surface area contributed by atoms with Crippen LogP contribution in [0.25, 0.3) is 0 Å². The maximum Gasteiger partial charge on any atom is 0.164 e. The van der Waals surface area contributed by atoms with E-state index >= 15 is 0 Å². The Morgan fingerprint density at radius 1 is 1.19 bits per heavy atom. The van der Waals surface area contributed by atoms with Crippen LogP contribution in [0.15, 0.2) is 18.2 Å². The first-order valence-electron chi connectivity index (χ1n) is 9.04. The molecule has 2 rings (SSSR count). The van der Waals surface area contributed by atoms with Gasteiger partial charge in [-0.15, -0.1) is 0 Å². The first-order valence-corrected chi connectivity index (χ1v) is 9.04. The summed E-state index contributed by atoms with van der Waals surface area (Å²) in [7, 11) is 0. The average Bonchev–Trinajstić information content (AvgIpc) is 2.57. The van der Waals surface area contributed by atoms with Gasteiger partial charge in [0.1, 0.15) is 11.6 Å². The molecule has 2 atom stereocenters. The van der Waals surface area contributed by atoms with E-state index in [1.807, 2.05) is 6.07 Å². The smallest absolute Gasteiger partial charge is 0.164 e. The van der Waals surface area contributed by atoms with E-state index in [1.165, 1.54) is 6.92 Å². The van der Waals surface area contributed by atoms with Crippen LogP contribution in [0.3, 0.4) is 0 Å². The SMILES string of the molecule is CCC(=O)C(CC(=O)c1ccc2c(c1)NC(C(C)=O)CC2(C)C)C(C)=O. The summed E-state index contributed by atoms with van der Waals surface area (Å²) in [5.74, 6) is -1.54. The van der Waals surface area contributed by atoms with Gasteiger partial charge in [-0.2, -0.15) is 0 Å². The molecule has 1 aliphatic heterocycles. The molecule has 0 fully saturated rings. The number of nitrogens with one attached hydrogen (secondary N) is 1. The zero-order valence-electron chi connectivity index (χ0n) is 16.1. The summed E-state index contributed by atoms with van der Waals surface area (Å²) in [6.45, 7) is 8.75. The van der Waals surface area contributed by atoms with E-state index in [0.29, 0.717) is 12.0 Å². The summed E-state index contributed by atoms with van der Waals surface area (Å²) < 4.78 is 0. The highest BCUT2D eigenvalue weighted by Crippen LogP contribution is 2.39. The molecule has 0 saturated carbocycles. The highest BCUT2D eigenvalue weighted by molar-refractivity contribution is 6.07. The molecule has 5 nitrogen and oxygen atoms in total. The minimum atomic E-state index is -0.877. The molecule has 0 bridgehead atoms. The topological polar surface area (TPSA) is 80.3 Å². The van der Waals surface area contributed by atoms with E-state index in [9.17, 15) is 19.2 Å². The summed E-state index contributed by atoms with van der Waals surface area (Å²) in [5, 5.41) is 3.22. The van der Waals surface area contributed by atoms with Gasteiger partial charge in [-0.05, 0) is 37.3 Å². The normalized spacial score (nSPS) is 19.0. The van der Waals surface area contributed by atoms with E-state index < -0.39 is 5.92 Å². The molecular weight excluding hydrogens is 330 g/mol. The molecule has 5 heteroatoms. The molecule has 140 valence electrons. The molecule has 26 heavy (non-hydrogen) atoms. The van der Waals surface area contributed by atoms with Crippen LogP contribution in [0.4, 0.5) is 5.69 Å². The number of Topliss-reactive ketones (excluding diaryl/α,β-unsaturated/α-hetero) is 4. The molecule has 0 saturated heterocycles. The average molecular weight is 357 g/mol. The van der Waals surface area contributed by atoms with E-state index in [-0.39, 0.29) is 47.4 Å². The minimum absolute atomic E-state index is 0.0608. The van der Waals surface area contributed by atoms with Gasteiger partial charge in [0.05, 0.1) is 12.0 Å². The van der Waals surface area contributed by atoms with Crippen molar-refractivity contribution in [2.75, 3.05) is 5.32 Å². The molecule has 1 N–H and O–H groups in total. The zero-order valence-corrected chi connectivity index (χ0v) is 16.1. The Bertz CT molecular complexity index is 763. The largest absolute Gasteiger partial charge is 0.375 e. The first-order chi connectivity index (χ1) is 12.1. The van der Waals surface area contributed by atoms with Crippen molar-refractivity contribution in [2.24, 2.45) is 5.92 Å². The molecule has 0 spiro atoms. The fraction of sp³-hybridized carbons (Fsp3) is 0.524. The number of fused-ring (bicyclic) bond motifs is 1. The first kappa shape index (κ1) is 20.0. The molecule has 0 aromatic heterocycles. The lowest BCUT2D eigenvalue weighted by atomic mass is 9.74. The number of carbonyl (C=O) groups is 4. The van der Waals surface area contributed by atoms with Gasteiger partial charge in [0.15, 0.2) is 11.6 Å². The number of hydrogen-bond acceptors (Lipinski definition) is 5. The van der Waals surface area contributed by atoms with Crippen LogP contribution in [-0.2, 0) is 19.8 Å². The van der Waals surface area contributed by atoms with Crippen molar-refractivity contribution in [3.63, 3.8) is 0 Å². The van der Waals surface area contributed by atoms with Crippen LogP contribution in [0, 0.1) is 5.92 Å². The van der Waals surface area contributed by atoms with Crippen LogP contribution in [0.5, 0.6) is 0 Å². The van der Waals surface area contributed by atoms with Crippen molar-refractivity contribution in [2.45, 2.75) is 65.3 Å². The highest BCUT2D eigenvalue weighted by Gasteiger charge is 2.35. The quantitative estimate of drug-likeness (QED) is 0.597. The third kappa shape index (κ3) is 4.09. The van der Waals surface area contributed by atoms with Crippen molar-refractivity contribution in [1.29, 1.82) is 0 Å².